The predicted molar refractivity (Wildman–Crippen MR) is 104 cm³/mol. The minimum absolute atomic E-state index is 0.00550. The number of amides is 1. The summed E-state index contributed by atoms with van der Waals surface area (Å²) in [5.74, 6) is -2.68. The summed E-state index contributed by atoms with van der Waals surface area (Å²) in [6, 6.07) is 14.5. The number of carboxylic acids is 2. The van der Waals surface area contributed by atoms with E-state index in [1.165, 1.54) is 0 Å². The van der Waals surface area contributed by atoms with Crippen molar-refractivity contribution in [1.29, 1.82) is 0 Å². The number of ether oxygens (including phenoxy) is 1. The Kier molecular flexibility index (Phi) is 5.90. The summed E-state index contributed by atoms with van der Waals surface area (Å²) in [5.41, 5.74) is 1.51. The number of nitrogens with one attached hydrogen (secondary N) is 1. The van der Waals surface area contributed by atoms with E-state index in [0.29, 0.717) is 28.6 Å². The van der Waals surface area contributed by atoms with Crippen LogP contribution >= 0.6 is 11.3 Å². The fourth-order valence-corrected chi connectivity index (χ4v) is 3.72. The lowest BCUT2D eigenvalue weighted by Gasteiger charge is -2.06. The van der Waals surface area contributed by atoms with E-state index < -0.39 is 18.5 Å². The molecule has 0 saturated heterocycles. The minimum atomic E-state index is -1.21. The van der Waals surface area contributed by atoms with E-state index >= 15 is 0 Å². The molecule has 0 unspecified atom stereocenters. The molecule has 0 atom stereocenters. The number of carbonyl (C=O) groups is 3. The molecule has 0 aliphatic carbocycles. The van der Waals surface area contributed by atoms with Crippen molar-refractivity contribution in [3.63, 3.8) is 0 Å². The lowest BCUT2D eigenvalue weighted by molar-refractivity contribution is -0.139. The van der Waals surface area contributed by atoms with Gasteiger partial charge in [-0.15, -0.1) is 11.3 Å². The van der Waals surface area contributed by atoms with Crippen molar-refractivity contribution in [2.75, 3.05) is 13.2 Å². The summed E-state index contributed by atoms with van der Waals surface area (Å²) < 4.78 is 5.69. The monoisotopic (exact) mass is 399 g/mol. The van der Waals surface area contributed by atoms with E-state index in [1.807, 2.05) is 30.3 Å². The molecule has 0 radical (unpaired) electrons. The van der Waals surface area contributed by atoms with Gasteiger partial charge in [0.05, 0.1) is 0 Å². The topological polar surface area (TPSA) is 113 Å². The normalized spacial score (nSPS) is 10.6. The molecule has 0 spiro atoms. The predicted octanol–water partition coefficient (Wildman–Crippen LogP) is 3.04. The van der Waals surface area contributed by atoms with Gasteiger partial charge in [-0.2, -0.15) is 0 Å². The number of hydrogen-bond donors (Lipinski definition) is 3. The van der Waals surface area contributed by atoms with Gasteiger partial charge in [-0.25, -0.2) is 9.59 Å². The van der Waals surface area contributed by atoms with Crippen molar-refractivity contribution in [2.24, 2.45) is 0 Å². The molecule has 3 aromatic rings. The summed E-state index contributed by atoms with van der Waals surface area (Å²) >= 11 is 0.938. The zero-order chi connectivity index (χ0) is 20.1. The highest BCUT2D eigenvalue weighted by atomic mass is 32.1. The van der Waals surface area contributed by atoms with Crippen LogP contribution in [0.3, 0.4) is 0 Å². The van der Waals surface area contributed by atoms with Crippen LogP contribution < -0.4 is 10.1 Å². The van der Waals surface area contributed by atoms with Gasteiger partial charge in [-0.1, -0.05) is 30.3 Å². The zero-order valence-electron chi connectivity index (χ0n) is 14.7. The maximum atomic E-state index is 12.4. The first-order valence-electron chi connectivity index (χ1n) is 8.42. The third-order valence-electron chi connectivity index (χ3n) is 3.98. The lowest BCUT2D eigenvalue weighted by Crippen LogP contribution is -2.25. The number of carboxylic acid groups (broad SMARTS) is 2. The maximum Gasteiger partial charge on any atom is 0.349 e. The first-order chi connectivity index (χ1) is 13.5. The van der Waals surface area contributed by atoms with Crippen molar-refractivity contribution in [1.82, 2.24) is 5.32 Å². The summed E-state index contributed by atoms with van der Waals surface area (Å²) in [5, 5.41) is 21.4. The van der Waals surface area contributed by atoms with E-state index in [2.05, 4.69) is 5.32 Å². The molecular weight excluding hydrogens is 382 g/mol. The summed E-state index contributed by atoms with van der Waals surface area (Å²) in [6.45, 7) is -0.174. The number of rotatable bonds is 8. The Morgan fingerprint density at radius 2 is 1.79 bits per heavy atom. The molecule has 0 bridgehead atoms. The number of carbonyl (C=O) groups excluding carboxylic acids is 1. The Hall–Kier alpha value is -3.39. The van der Waals surface area contributed by atoms with E-state index in [4.69, 9.17) is 9.84 Å². The van der Waals surface area contributed by atoms with Gasteiger partial charge in [0.15, 0.2) is 17.2 Å². The Balaban J connectivity index is 1.76. The summed E-state index contributed by atoms with van der Waals surface area (Å²) in [4.78, 5) is 34.5. The van der Waals surface area contributed by atoms with Crippen LogP contribution in [0.15, 0.2) is 48.5 Å². The molecule has 144 valence electrons. The van der Waals surface area contributed by atoms with Crippen LogP contribution in [0.4, 0.5) is 0 Å². The fraction of sp³-hybridized carbons (Fsp3) is 0.150. The van der Waals surface area contributed by atoms with Gasteiger partial charge in [0, 0.05) is 22.2 Å². The number of hydrogen-bond acceptors (Lipinski definition) is 5. The van der Waals surface area contributed by atoms with E-state index in [-0.39, 0.29) is 16.5 Å². The van der Waals surface area contributed by atoms with Crippen LogP contribution in [0.2, 0.25) is 0 Å². The Morgan fingerprint density at radius 3 is 2.46 bits per heavy atom. The molecule has 1 amide bonds. The molecule has 1 aromatic heterocycles. The number of thiophene rings is 1. The first kappa shape index (κ1) is 19.4. The van der Waals surface area contributed by atoms with Crippen molar-refractivity contribution in [2.45, 2.75) is 6.42 Å². The number of aliphatic carboxylic acids is 1. The maximum absolute atomic E-state index is 12.4. The Morgan fingerprint density at radius 1 is 1.04 bits per heavy atom. The highest BCUT2D eigenvalue weighted by Gasteiger charge is 2.21. The molecule has 28 heavy (non-hydrogen) atoms. The largest absolute Gasteiger partial charge is 0.479 e. The highest BCUT2D eigenvalue weighted by Crippen LogP contribution is 2.38. The van der Waals surface area contributed by atoms with Crippen molar-refractivity contribution in [3.8, 4) is 5.75 Å². The third kappa shape index (κ3) is 4.47. The van der Waals surface area contributed by atoms with Crippen molar-refractivity contribution < 1.29 is 29.3 Å². The SMILES string of the molecule is O=C(O)COc1c(C(=O)O)sc2cc(C(=O)NCCc3ccccc3)ccc12. The number of fused-ring (bicyclic) bond motifs is 1. The zero-order valence-corrected chi connectivity index (χ0v) is 15.5. The Bertz CT molecular complexity index is 1030. The molecule has 2 aromatic carbocycles. The standard InChI is InChI=1S/C20H17NO6S/c22-16(23)11-27-17-14-7-6-13(10-15(14)28-18(17)20(25)26)19(24)21-9-8-12-4-2-1-3-5-12/h1-7,10H,8-9,11H2,(H,21,24)(H,22,23)(H,25,26). The highest BCUT2D eigenvalue weighted by molar-refractivity contribution is 7.21. The molecule has 0 saturated carbocycles. The molecule has 3 rings (SSSR count). The molecule has 0 aliphatic heterocycles. The van der Waals surface area contributed by atoms with Gasteiger partial charge in [-0.05, 0) is 30.2 Å². The molecule has 8 heteroatoms. The Labute approximate surface area is 164 Å². The van der Waals surface area contributed by atoms with Gasteiger partial charge < -0.3 is 20.3 Å². The van der Waals surface area contributed by atoms with Gasteiger partial charge in [0.1, 0.15) is 0 Å². The third-order valence-corrected chi connectivity index (χ3v) is 5.10. The second kappa shape index (κ2) is 8.53. The van der Waals surface area contributed by atoms with Crippen LogP contribution in [0, 0.1) is 0 Å². The average Bonchev–Trinajstić information content (AvgIpc) is 3.05. The van der Waals surface area contributed by atoms with Crippen LogP contribution in [0.5, 0.6) is 5.75 Å². The fourth-order valence-electron chi connectivity index (χ4n) is 2.70. The molecule has 1 heterocycles. The number of benzene rings is 2. The van der Waals surface area contributed by atoms with E-state index in [9.17, 15) is 19.5 Å². The summed E-state index contributed by atoms with van der Waals surface area (Å²) in [6.07, 6.45) is 0.699. The van der Waals surface area contributed by atoms with Crippen LogP contribution in [-0.2, 0) is 11.2 Å². The van der Waals surface area contributed by atoms with E-state index in [0.717, 1.165) is 16.9 Å². The minimum Gasteiger partial charge on any atom is -0.479 e. The van der Waals surface area contributed by atoms with Crippen LogP contribution in [0.1, 0.15) is 25.6 Å². The van der Waals surface area contributed by atoms with Crippen molar-refractivity contribution >= 4 is 39.3 Å². The molecule has 3 N–H and O–H groups in total. The summed E-state index contributed by atoms with van der Waals surface area (Å²) in [7, 11) is 0. The number of aromatic carboxylic acids is 1. The lowest BCUT2D eigenvalue weighted by atomic mass is 10.1. The van der Waals surface area contributed by atoms with Crippen molar-refractivity contribution in [3.05, 3.63) is 64.5 Å². The smallest absolute Gasteiger partial charge is 0.349 e. The molecule has 0 aliphatic rings. The van der Waals surface area contributed by atoms with Crippen LogP contribution in [0.25, 0.3) is 10.1 Å². The van der Waals surface area contributed by atoms with Gasteiger partial charge in [0.2, 0.25) is 0 Å². The second-order valence-electron chi connectivity index (χ2n) is 5.95. The average molecular weight is 399 g/mol. The van der Waals surface area contributed by atoms with Crippen LogP contribution in [-0.4, -0.2) is 41.2 Å². The molecule has 0 fully saturated rings. The second-order valence-corrected chi connectivity index (χ2v) is 7.00. The van der Waals surface area contributed by atoms with E-state index in [1.54, 1.807) is 18.2 Å². The molecule has 7 nitrogen and oxygen atoms in total. The van der Waals surface area contributed by atoms with Gasteiger partial charge in [-0.3, -0.25) is 4.79 Å². The van der Waals surface area contributed by atoms with Gasteiger partial charge in [0.25, 0.3) is 5.91 Å². The van der Waals surface area contributed by atoms with Gasteiger partial charge >= 0.3 is 11.9 Å². The first-order valence-corrected chi connectivity index (χ1v) is 9.24. The molecular formula is C20H17NO6S. The quantitative estimate of drug-likeness (QED) is 0.537.